The Morgan fingerprint density at radius 2 is 1.86 bits per heavy atom. The number of hydrogen-bond acceptors (Lipinski definition) is 6. The van der Waals surface area contributed by atoms with Crippen LogP contribution in [0.1, 0.15) is 87.1 Å². The smallest absolute Gasteiger partial charge is 0.243 e. The lowest BCUT2D eigenvalue weighted by Gasteiger charge is -2.31. The van der Waals surface area contributed by atoms with Gasteiger partial charge >= 0.3 is 0 Å². The Morgan fingerprint density at radius 1 is 1.07 bits per heavy atom. The van der Waals surface area contributed by atoms with Crippen LogP contribution in [0.25, 0.3) is 0 Å². The molecule has 44 heavy (non-hydrogen) atoms. The van der Waals surface area contributed by atoms with E-state index in [4.69, 9.17) is 9.47 Å². The Morgan fingerprint density at radius 3 is 2.61 bits per heavy atom. The Labute approximate surface area is 258 Å². The summed E-state index contributed by atoms with van der Waals surface area (Å²) >= 11 is 0. The van der Waals surface area contributed by atoms with E-state index in [0.717, 1.165) is 55.0 Å². The second kappa shape index (κ2) is 14.8. The SMILES string of the molecule is CCCC[C@H]1CCN([C@H]2CCCCO[C@@H]3C[C@H](NC[C@@H](O)[C@H](Cc4cc(F)cc(F)c4)NC2=O)c2cc(OC)ccc23)C1=O. The first-order chi connectivity index (χ1) is 21.3. The van der Waals surface area contributed by atoms with E-state index in [0.29, 0.717) is 38.0 Å². The van der Waals surface area contributed by atoms with Crippen molar-refractivity contribution >= 4 is 11.8 Å². The molecule has 2 saturated heterocycles. The molecule has 3 aliphatic rings. The summed E-state index contributed by atoms with van der Waals surface area (Å²) in [5.74, 6) is -1.16. The third kappa shape index (κ3) is 7.58. The number of methoxy groups -OCH3 is 1. The molecule has 2 fully saturated rings. The Bertz CT molecular complexity index is 1290. The lowest BCUT2D eigenvalue weighted by molar-refractivity contribution is -0.140. The summed E-state index contributed by atoms with van der Waals surface area (Å²) in [6, 6.07) is 7.47. The molecule has 0 unspecified atom stereocenters. The molecule has 10 heteroatoms. The molecule has 8 nitrogen and oxygen atoms in total. The molecule has 2 aromatic rings. The molecule has 240 valence electrons. The highest BCUT2D eigenvalue weighted by atomic mass is 19.1. The lowest BCUT2D eigenvalue weighted by Crippen LogP contribution is -2.55. The summed E-state index contributed by atoms with van der Waals surface area (Å²) < 4.78 is 40.0. The largest absolute Gasteiger partial charge is 0.497 e. The van der Waals surface area contributed by atoms with Gasteiger partial charge in [0.05, 0.1) is 25.4 Å². The number of ether oxygens (including phenoxy) is 2. The van der Waals surface area contributed by atoms with Gasteiger partial charge in [0.15, 0.2) is 0 Å². The molecule has 2 amide bonds. The van der Waals surface area contributed by atoms with Crippen LogP contribution in [0, 0.1) is 17.6 Å². The zero-order chi connectivity index (χ0) is 31.2. The number of unbranched alkanes of at least 4 members (excludes halogenated alkanes) is 1. The molecule has 0 radical (unpaired) electrons. The third-order valence-corrected chi connectivity index (χ3v) is 9.34. The van der Waals surface area contributed by atoms with Crippen molar-refractivity contribution in [3.63, 3.8) is 0 Å². The average Bonchev–Trinajstić information content (AvgIpc) is 3.53. The van der Waals surface area contributed by atoms with Crippen molar-refractivity contribution in [2.45, 2.75) is 95.0 Å². The number of carbonyl (C=O) groups is 2. The second-order valence-corrected chi connectivity index (χ2v) is 12.4. The lowest BCUT2D eigenvalue weighted by atomic mass is 9.98. The molecule has 6 atom stereocenters. The van der Waals surface area contributed by atoms with Gasteiger partial charge in [-0.15, -0.1) is 0 Å². The molecule has 2 aliphatic heterocycles. The van der Waals surface area contributed by atoms with Crippen molar-refractivity contribution in [2.24, 2.45) is 5.92 Å². The number of β-amino-alcohol motifs (C(OH)–C–C–N with tert-alkyl or cyclic N) is 1. The predicted molar refractivity (Wildman–Crippen MR) is 162 cm³/mol. The van der Waals surface area contributed by atoms with Crippen LogP contribution in [0.4, 0.5) is 8.78 Å². The number of aliphatic hydroxyl groups excluding tert-OH is 1. The molecule has 3 N–H and O–H groups in total. The maximum Gasteiger partial charge on any atom is 0.243 e. The van der Waals surface area contributed by atoms with Gasteiger partial charge < -0.3 is 30.1 Å². The molecule has 0 saturated carbocycles. The van der Waals surface area contributed by atoms with Crippen LogP contribution in [0.15, 0.2) is 36.4 Å². The van der Waals surface area contributed by atoms with Gasteiger partial charge in [-0.2, -0.15) is 0 Å². The third-order valence-electron chi connectivity index (χ3n) is 9.34. The maximum atomic E-state index is 14.1. The van der Waals surface area contributed by atoms with E-state index in [1.54, 1.807) is 12.0 Å². The van der Waals surface area contributed by atoms with Gasteiger partial charge in [0, 0.05) is 37.7 Å². The van der Waals surface area contributed by atoms with Crippen molar-refractivity contribution in [3.8, 4) is 5.75 Å². The number of amides is 2. The zero-order valence-corrected chi connectivity index (χ0v) is 25.7. The van der Waals surface area contributed by atoms with Crippen LogP contribution in [-0.2, 0) is 20.7 Å². The number of fused-ring (bicyclic) bond motifs is 5. The highest BCUT2D eigenvalue weighted by Gasteiger charge is 2.40. The molecule has 2 heterocycles. The van der Waals surface area contributed by atoms with E-state index in [9.17, 15) is 23.5 Å². The molecule has 0 spiro atoms. The van der Waals surface area contributed by atoms with E-state index < -0.39 is 29.8 Å². The van der Waals surface area contributed by atoms with E-state index in [1.165, 1.54) is 12.1 Å². The monoisotopic (exact) mass is 613 g/mol. The Balaban J connectivity index is 1.41. The number of benzene rings is 2. The molecule has 0 aromatic heterocycles. The van der Waals surface area contributed by atoms with Crippen molar-refractivity contribution in [2.75, 3.05) is 26.8 Å². The van der Waals surface area contributed by atoms with Crippen LogP contribution in [0.5, 0.6) is 5.75 Å². The number of aliphatic hydroxyl groups is 1. The van der Waals surface area contributed by atoms with Crippen molar-refractivity contribution in [1.82, 2.24) is 15.5 Å². The number of likely N-dealkylation sites (tertiary alicyclic amines) is 1. The second-order valence-electron chi connectivity index (χ2n) is 12.4. The number of rotatable bonds is 7. The fraction of sp³-hybridized carbons (Fsp3) is 0.588. The topological polar surface area (TPSA) is 100 Å². The first-order valence-corrected chi connectivity index (χ1v) is 16.0. The van der Waals surface area contributed by atoms with Gasteiger partial charge in [-0.1, -0.05) is 25.8 Å². The molecular formula is C34H45F2N3O5. The van der Waals surface area contributed by atoms with Crippen LogP contribution in [0.2, 0.25) is 0 Å². The molecule has 5 rings (SSSR count). The van der Waals surface area contributed by atoms with Crippen molar-refractivity contribution < 1.29 is 33.0 Å². The van der Waals surface area contributed by atoms with E-state index in [2.05, 4.69) is 17.6 Å². The summed E-state index contributed by atoms with van der Waals surface area (Å²) in [4.78, 5) is 29.0. The quantitative estimate of drug-likeness (QED) is 0.417. The Hall–Kier alpha value is -3.08. The fourth-order valence-corrected chi connectivity index (χ4v) is 6.93. The van der Waals surface area contributed by atoms with Crippen LogP contribution in [-0.4, -0.2) is 66.8 Å². The van der Waals surface area contributed by atoms with Crippen molar-refractivity contribution in [1.29, 1.82) is 0 Å². The minimum absolute atomic E-state index is 0.00285. The van der Waals surface area contributed by atoms with E-state index in [1.807, 2.05) is 18.2 Å². The van der Waals surface area contributed by atoms with Gasteiger partial charge in [0.25, 0.3) is 0 Å². The molecular weight excluding hydrogens is 568 g/mol. The maximum absolute atomic E-state index is 14.1. The first-order valence-electron chi connectivity index (χ1n) is 16.0. The minimum Gasteiger partial charge on any atom is -0.497 e. The van der Waals surface area contributed by atoms with Crippen LogP contribution in [0.3, 0.4) is 0 Å². The molecule has 2 bridgehead atoms. The summed E-state index contributed by atoms with van der Waals surface area (Å²) in [5, 5.41) is 17.9. The van der Waals surface area contributed by atoms with E-state index in [-0.39, 0.29) is 42.8 Å². The Kier molecular flexibility index (Phi) is 10.9. The summed E-state index contributed by atoms with van der Waals surface area (Å²) in [6.07, 6.45) is 4.82. The van der Waals surface area contributed by atoms with E-state index >= 15 is 0 Å². The van der Waals surface area contributed by atoms with Gasteiger partial charge in [0.2, 0.25) is 11.8 Å². The molecule has 1 aliphatic carbocycles. The van der Waals surface area contributed by atoms with Crippen LogP contribution < -0.4 is 15.4 Å². The standard InChI is InChI=1S/C34H45F2N3O5/c1-3-4-7-22-11-12-39(34(22)42)30-8-5-6-13-44-32-19-28(27-18-25(43-2)9-10-26(27)32)37-20-31(40)29(38-33(30)41)16-21-14-23(35)17-24(36)15-21/h9-10,14-15,17-18,22,28-32,37,40H,3-8,11-13,16,19-20H2,1-2H3,(H,38,41)/t22-,28-,29-,30-,31+,32+/m0/s1. The number of halogens is 2. The van der Waals surface area contributed by atoms with Gasteiger partial charge in [-0.05, 0) is 85.9 Å². The zero-order valence-electron chi connectivity index (χ0n) is 25.7. The highest BCUT2D eigenvalue weighted by Crippen LogP contribution is 2.42. The number of nitrogens with zero attached hydrogens (tertiary/aromatic N) is 1. The van der Waals surface area contributed by atoms with Crippen molar-refractivity contribution in [3.05, 3.63) is 64.7 Å². The van der Waals surface area contributed by atoms with Gasteiger partial charge in [-0.25, -0.2) is 8.78 Å². The van der Waals surface area contributed by atoms with Crippen LogP contribution >= 0.6 is 0 Å². The minimum atomic E-state index is -1.09. The number of hydrogen-bond donors (Lipinski definition) is 3. The normalized spacial score (nSPS) is 28.2. The summed E-state index contributed by atoms with van der Waals surface area (Å²) in [5.41, 5.74) is 2.43. The summed E-state index contributed by atoms with van der Waals surface area (Å²) in [6.45, 7) is 3.23. The number of nitrogens with one attached hydrogen (secondary N) is 2. The average molecular weight is 614 g/mol. The first kappa shape index (κ1) is 32.3. The molecule has 2 aromatic carbocycles. The number of carbonyl (C=O) groups excluding carboxylic acids is 2. The van der Waals surface area contributed by atoms with Gasteiger partial charge in [-0.3, -0.25) is 9.59 Å². The van der Waals surface area contributed by atoms with Gasteiger partial charge in [0.1, 0.15) is 23.4 Å². The predicted octanol–water partition coefficient (Wildman–Crippen LogP) is 4.75. The highest BCUT2D eigenvalue weighted by molar-refractivity contribution is 5.89. The fourth-order valence-electron chi connectivity index (χ4n) is 6.93. The summed E-state index contributed by atoms with van der Waals surface area (Å²) in [7, 11) is 1.62.